The lowest BCUT2D eigenvalue weighted by atomic mass is 10.3. The summed E-state index contributed by atoms with van der Waals surface area (Å²) in [4.78, 5) is 12.6. The first kappa shape index (κ1) is 13.7. The van der Waals surface area contributed by atoms with E-state index in [0.717, 1.165) is 5.69 Å². The normalized spacial score (nSPS) is 11.7. The summed E-state index contributed by atoms with van der Waals surface area (Å²) in [5.41, 5.74) is 0.911. The topological polar surface area (TPSA) is 58.4 Å². The van der Waals surface area contributed by atoms with Crippen molar-refractivity contribution in [3.63, 3.8) is 0 Å². The predicted octanol–water partition coefficient (Wildman–Crippen LogP) is 1.76. The van der Waals surface area contributed by atoms with Gasteiger partial charge in [0.2, 0.25) is 0 Å². The average molecular weight is 239 g/mol. The molecule has 0 aromatic carbocycles. The molecule has 5 nitrogen and oxygen atoms in total. The maximum absolute atomic E-state index is 10.8. The molecule has 0 aliphatic carbocycles. The van der Waals surface area contributed by atoms with Gasteiger partial charge < -0.3 is 5.11 Å². The molecule has 0 spiro atoms. The Morgan fingerprint density at radius 3 is 2.53 bits per heavy atom. The van der Waals surface area contributed by atoms with Crippen molar-refractivity contribution in [3.05, 3.63) is 18.0 Å². The van der Waals surface area contributed by atoms with Gasteiger partial charge in [-0.25, -0.2) is 0 Å². The van der Waals surface area contributed by atoms with Crippen LogP contribution in [0.1, 0.15) is 39.4 Å². The van der Waals surface area contributed by atoms with Crippen LogP contribution in [0.2, 0.25) is 0 Å². The number of aliphatic carboxylic acids is 1. The standard InChI is InChI=1S/C12H21N3O2/c1-9(2)14(8-12(16)17)7-11-5-6-15(13-11)10(3)4/h5-6,9-10H,7-8H2,1-4H3,(H,16,17). The van der Waals surface area contributed by atoms with Crippen LogP contribution >= 0.6 is 0 Å². The third-order valence-electron chi connectivity index (χ3n) is 2.63. The number of carboxylic acids is 1. The van der Waals surface area contributed by atoms with Crippen molar-refractivity contribution < 1.29 is 9.90 Å². The maximum Gasteiger partial charge on any atom is 0.317 e. The van der Waals surface area contributed by atoms with E-state index in [1.807, 2.05) is 35.7 Å². The summed E-state index contributed by atoms with van der Waals surface area (Å²) in [5.74, 6) is -0.804. The van der Waals surface area contributed by atoms with Crippen molar-refractivity contribution >= 4 is 5.97 Å². The Balaban J connectivity index is 2.68. The first-order valence-electron chi connectivity index (χ1n) is 5.90. The third kappa shape index (κ3) is 4.19. The number of hydrogen-bond acceptors (Lipinski definition) is 3. The molecule has 1 heterocycles. The molecule has 0 fully saturated rings. The van der Waals surface area contributed by atoms with E-state index in [9.17, 15) is 4.79 Å². The smallest absolute Gasteiger partial charge is 0.317 e. The Labute approximate surface area is 102 Å². The van der Waals surface area contributed by atoms with Crippen LogP contribution in [-0.4, -0.2) is 38.3 Å². The number of rotatable bonds is 6. The molecule has 1 N–H and O–H groups in total. The van der Waals surface area contributed by atoms with Gasteiger partial charge in [0.05, 0.1) is 12.2 Å². The van der Waals surface area contributed by atoms with E-state index in [1.54, 1.807) is 0 Å². The number of nitrogens with zero attached hydrogens (tertiary/aromatic N) is 3. The fourth-order valence-corrected chi connectivity index (χ4v) is 1.55. The van der Waals surface area contributed by atoms with Crippen LogP contribution in [0.3, 0.4) is 0 Å². The fraction of sp³-hybridized carbons (Fsp3) is 0.667. The fourth-order valence-electron chi connectivity index (χ4n) is 1.55. The summed E-state index contributed by atoms with van der Waals surface area (Å²) >= 11 is 0. The van der Waals surface area contributed by atoms with E-state index in [-0.39, 0.29) is 12.6 Å². The Bertz CT molecular complexity index is 372. The van der Waals surface area contributed by atoms with Crippen LogP contribution in [0.4, 0.5) is 0 Å². The predicted molar refractivity (Wildman–Crippen MR) is 65.8 cm³/mol. The minimum Gasteiger partial charge on any atom is -0.480 e. The zero-order chi connectivity index (χ0) is 13.0. The molecule has 0 radical (unpaired) electrons. The lowest BCUT2D eigenvalue weighted by Crippen LogP contribution is -2.35. The molecule has 0 saturated carbocycles. The van der Waals surface area contributed by atoms with E-state index in [0.29, 0.717) is 12.6 Å². The van der Waals surface area contributed by atoms with Gasteiger partial charge in [0.1, 0.15) is 0 Å². The van der Waals surface area contributed by atoms with Crippen LogP contribution in [0, 0.1) is 0 Å². The lowest BCUT2D eigenvalue weighted by molar-refractivity contribution is -0.139. The Morgan fingerprint density at radius 2 is 2.12 bits per heavy atom. The van der Waals surface area contributed by atoms with Gasteiger partial charge >= 0.3 is 5.97 Å². The first-order valence-corrected chi connectivity index (χ1v) is 5.90. The van der Waals surface area contributed by atoms with E-state index in [1.165, 1.54) is 0 Å². The number of carboxylic acid groups (broad SMARTS) is 1. The molecule has 96 valence electrons. The summed E-state index contributed by atoms with van der Waals surface area (Å²) in [6.45, 7) is 8.73. The summed E-state index contributed by atoms with van der Waals surface area (Å²) in [6, 6.07) is 2.46. The highest BCUT2D eigenvalue weighted by atomic mass is 16.4. The molecule has 1 aromatic heterocycles. The number of carbonyl (C=O) groups is 1. The highest BCUT2D eigenvalue weighted by molar-refractivity contribution is 5.69. The zero-order valence-electron chi connectivity index (χ0n) is 10.9. The van der Waals surface area contributed by atoms with Crippen molar-refractivity contribution in [2.75, 3.05) is 6.54 Å². The minimum atomic E-state index is -0.804. The highest BCUT2D eigenvalue weighted by Crippen LogP contribution is 2.09. The minimum absolute atomic E-state index is 0.0478. The van der Waals surface area contributed by atoms with Gasteiger partial charge in [-0.3, -0.25) is 14.4 Å². The molecule has 1 rings (SSSR count). The molecule has 0 bridgehead atoms. The molecule has 0 atom stereocenters. The molecule has 0 aliphatic heterocycles. The number of aromatic nitrogens is 2. The summed E-state index contributed by atoms with van der Waals surface area (Å²) in [7, 11) is 0. The van der Waals surface area contributed by atoms with Crippen molar-refractivity contribution in [2.24, 2.45) is 0 Å². The van der Waals surface area contributed by atoms with Gasteiger partial charge in [-0.2, -0.15) is 5.10 Å². The van der Waals surface area contributed by atoms with Gasteiger partial charge in [-0.15, -0.1) is 0 Å². The Morgan fingerprint density at radius 1 is 1.47 bits per heavy atom. The molecule has 17 heavy (non-hydrogen) atoms. The molecule has 5 heteroatoms. The molecule has 0 aliphatic rings. The monoisotopic (exact) mass is 239 g/mol. The van der Waals surface area contributed by atoms with Gasteiger partial charge in [-0.05, 0) is 33.8 Å². The second-order valence-electron chi connectivity index (χ2n) is 4.77. The molecular weight excluding hydrogens is 218 g/mol. The lowest BCUT2D eigenvalue weighted by Gasteiger charge is -2.23. The molecule has 0 unspecified atom stereocenters. The quantitative estimate of drug-likeness (QED) is 0.821. The van der Waals surface area contributed by atoms with E-state index < -0.39 is 5.97 Å². The van der Waals surface area contributed by atoms with Crippen molar-refractivity contribution in [1.82, 2.24) is 14.7 Å². The summed E-state index contributed by atoms with van der Waals surface area (Å²) < 4.78 is 1.88. The summed E-state index contributed by atoms with van der Waals surface area (Å²) in [6.07, 6.45) is 1.93. The Hall–Kier alpha value is -1.36. The number of hydrogen-bond donors (Lipinski definition) is 1. The summed E-state index contributed by atoms with van der Waals surface area (Å²) in [5, 5.41) is 13.3. The van der Waals surface area contributed by atoms with Gasteiger partial charge in [0.25, 0.3) is 0 Å². The van der Waals surface area contributed by atoms with Crippen LogP contribution in [0.25, 0.3) is 0 Å². The van der Waals surface area contributed by atoms with Gasteiger partial charge in [-0.1, -0.05) is 0 Å². The van der Waals surface area contributed by atoms with Gasteiger partial charge in [0, 0.05) is 24.8 Å². The van der Waals surface area contributed by atoms with Gasteiger partial charge in [0.15, 0.2) is 0 Å². The molecule has 0 amide bonds. The Kier molecular flexibility index (Phi) is 4.69. The van der Waals surface area contributed by atoms with Crippen molar-refractivity contribution in [2.45, 2.75) is 46.3 Å². The second-order valence-corrected chi connectivity index (χ2v) is 4.77. The van der Waals surface area contributed by atoms with E-state index in [2.05, 4.69) is 18.9 Å². The average Bonchev–Trinajstić information content (AvgIpc) is 2.64. The SMILES string of the molecule is CC(C)N(CC(=O)O)Cc1ccn(C(C)C)n1. The first-order chi connectivity index (χ1) is 7.90. The van der Waals surface area contributed by atoms with Crippen molar-refractivity contribution in [1.29, 1.82) is 0 Å². The zero-order valence-corrected chi connectivity index (χ0v) is 10.9. The molecule has 0 saturated heterocycles. The molecule has 1 aromatic rings. The van der Waals surface area contributed by atoms with Crippen LogP contribution < -0.4 is 0 Å². The van der Waals surface area contributed by atoms with Crippen LogP contribution in [0.5, 0.6) is 0 Å². The van der Waals surface area contributed by atoms with Crippen molar-refractivity contribution in [3.8, 4) is 0 Å². The highest BCUT2D eigenvalue weighted by Gasteiger charge is 2.15. The van der Waals surface area contributed by atoms with Crippen LogP contribution in [0.15, 0.2) is 12.3 Å². The maximum atomic E-state index is 10.8. The molecular formula is C12H21N3O2. The largest absolute Gasteiger partial charge is 0.480 e. The van der Waals surface area contributed by atoms with E-state index >= 15 is 0 Å². The third-order valence-corrected chi connectivity index (χ3v) is 2.63. The van der Waals surface area contributed by atoms with E-state index in [4.69, 9.17) is 5.11 Å². The second kappa shape index (κ2) is 5.82. The van der Waals surface area contributed by atoms with Crippen LogP contribution in [-0.2, 0) is 11.3 Å².